The molecule has 0 aromatic heterocycles. The number of benzene rings is 1. The van der Waals surface area contributed by atoms with E-state index in [0.29, 0.717) is 18.0 Å². The van der Waals surface area contributed by atoms with Crippen molar-refractivity contribution in [1.82, 2.24) is 9.80 Å². The van der Waals surface area contributed by atoms with Crippen LogP contribution in [-0.4, -0.2) is 72.8 Å². The van der Waals surface area contributed by atoms with Gasteiger partial charge in [-0.3, -0.25) is 19.3 Å². The molecule has 0 N–H and O–H groups in total. The van der Waals surface area contributed by atoms with E-state index >= 15 is 0 Å². The third kappa shape index (κ3) is 4.54. The number of rotatable bonds is 4. The summed E-state index contributed by atoms with van der Waals surface area (Å²) >= 11 is 0.904. The fourth-order valence-corrected chi connectivity index (χ4v) is 4.93. The Morgan fingerprint density at radius 1 is 1.10 bits per heavy atom. The molecule has 4 rings (SSSR count). The number of nitrogens with zero attached hydrogens (tertiary/aromatic N) is 3. The number of thioether (sulfide) groups is 1. The summed E-state index contributed by atoms with van der Waals surface area (Å²) in [5.74, 6) is -0.533. The smallest absolute Gasteiger partial charge is 0.294 e. The molecule has 1 aromatic carbocycles. The molecule has 8 heteroatoms. The number of amides is 3. The first-order valence-electron chi connectivity index (χ1n) is 10.5. The van der Waals surface area contributed by atoms with Crippen molar-refractivity contribution in [2.75, 3.05) is 50.8 Å². The van der Waals surface area contributed by atoms with Crippen molar-refractivity contribution >= 4 is 40.6 Å². The summed E-state index contributed by atoms with van der Waals surface area (Å²) in [5, 5.41) is -0.377. The Labute approximate surface area is 181 Å². The second-order valence-corrected chi connectivity index (χ2v) is 8.85. The van der Waals surface area contributed by atoms with E-state index < -0.39 is 0 Å². The van der Waals surface area contributed by atoms with E-state index in [9.17, 15) is 14.4 Å². The predicted molar refractivity (Wildman–Crippen MR) is 117 cm³/mol. The van der Waals surface area contributed by atoms with Gasteiger partial charge in [-0.15, -0.1) is 0 Å². The number of imide groups is 1. The normalized spacial score (nSPS) is 21.6. The average Bonchev–Trinajstić information content (AvgIpc) is 3.02. The van der Waals surface area contributed by atoms with Crippen LogP contribution in [0.2, 0.25) is 0 Å². The molecule has 3 saturated heterocycles. The summed E-state index contributed by atoms with van der Waals surface area (Å²) in [6, 6.07) is 6.04. The Bertz CT molecular complexity index is 873. The molecule has 1 aromatic rings. The van der Waals surface area contributed by atoms with Gasteiger partial charge in [-0.05, 0) is 67.3 Å². The van der Waals surface area contributed by atoms with Gasteiger partial charge >= 0.3 is 0 Å². The largest absolute Gasteiger partial charge is 0.378 e. The van der Waals surface area contributed by atoms with E-state index in [1.165, 1.54) is 0 Å². The summed E-state index contributed by atoms with van der Waals surface area (Å²) in [6.45, 7) is 6.48. The highest BCUT2D eigenvalue weighted by atomic mass is 32.2. The standard InChI is InChI=1S/C22H27N3O4S/c1-16-13-17(5-6-18(16)23-9-11-29-12-10-23)14-19-21(27)25(22(28)30-19)15-20(26)24-7-3-2-4-8-24/h5-6,13-14H,2-4,7-12,15H2,1H3/b19-14-. The van der Waals surface area contributed by atoms with E-state index in [0.717, 1.165) is 79.0 Å². The van der Waals surface area contributed by atoms with Crippen LogP contribution in [0, 0.1) is 6.92 Å². The van der Waals surface area contributed by atoms with Gasteiger partial charge < -0.3 is 14.5 Å². The fourth-order valence-electron chi connectivity index (χ4n) is 4.09. The van der Waals surface area contributed by atoms with E-state index in [-0.39, 0.29) is 23.6 Å². The van der Waals surface area contributed by atoms with E-state index in [2.05, 4.69) is 11.0 Å². The van der Waals surface area contributed by atoms with Crippen LogP contribution in [-0.2, 0) is 14.3 Å². The predicted octanol–water partition coefficient (Wildman–Crippen LogP) is 2.88. The number of anilines is 1. The second-order valence-electron chi connectivity index (χ2n) is 7.85. The maximum Gasteiger partial charge on any atom is 0.294 e. The van der Waals surface area contributed by atoms with Crippen LogP contribution in [0.25, 0.3) is 6.08 Å². The minimum atomic E-state index is -0.384. The molecule has 0 saturated carbocycles. The lowest BCUT2D eigenvalue weighted by atomic mass is 10.1. The Morgan fingerprint density at radius 2 is 1.83 bits per heavy atom. The number of likely N-dealkylation sites (tertiary alicyclic amines) is 1. The molecule has 3 fully saturated rings. The van der Waals surface area contributed by atoms with Crippen molar-refractivity contribution in [3.63, 3.8) is 0 Å². The Morgan fingerprint density at radius 3 is 2.53 bits per heavy atom. The lowest BCUT2D eigenvalue weighted by Gasteiger charge is -2.30. The van der Waals surface area contributed by atoms with Crippen molar-refractivity contribution in [1.29, 1.82) is 0 Å². The number of carbonyl (C=O) groups excluding carboxylic acids is 3. The number of ether oxygens (including phenoxy) is 1. The molecule has 0 atom stereocenters. The molecule has 0 aliphatic carbocycles. The number of carbonyl (C=O) groups is 3. The molecule has 0 spiro atoms. The Balaban J connectivity index is 1.45. The summed E-state index contributed by atoms with van der Waals surface area (Å²) in [7, 11) is 0. The molecular weight excluding hydrogens is 402 g/mol. The number of piperidine rings is 1. The SMILES string of the molecule is Cc1cc(/C=C2\SC(=O)N(CC(=O)N3CCCCC3)C2=O)ccc1N1CCOCC1. The lowest BCUT2D eigenvalue weighted by molar-refractivity contribution is -0.136. The fraction of sp³-hybridized carbons (Fsp3) is 0.500. The maximum absolute atomic E-state index is 12.8. The van der Waals surface area contributed by atoms with Gasteiger partial charge in [0.2, 0.25) is 5.91 Å². The molecule has 3 amide bonds. The molecular formula is C22H27N3O4S. The lowest BCUT2D eigenvalue weighted by Crippen LogP contribution is -2.44. The molecule has 30 heavy (non-hydrogen) atoms. The van der Waals surface area contributed by atoms with Gasteiger partial charge in [0, 0.05) is 31.9 Å². The number of morpholine rings is 1. The first-order chi connectivity index (χ1) is 14.5. The van der Waals surface area contributed by atoms with Crippen LogP contribution in [0.1, 0.15) is 30.4 Å². The Kier molecular flexibility index (Phi) is 6.43. The molecule has 0 radical (unpaired) electrons. The van der Waals surface area contributed by atoms with Crippen LogP contribution in [0.4, 0.5) is 10.5 Å². The van der Waals surface area contributed by atoms with Gasteiger partial charge in [0.1, 0.15) is 6.54 Å². The van der Waals surface area contributed by atoms with Gasteiger partial charge in [-0.2, -0.15) is 0 Å². The summed E-state index contributed by atoms with van der Waals surface area (Å²) in [4.78, 5) is 43.1. The monoisotopic (exact) mass is 429 g/mol. The first kappa shape index (κ1) is 20.9. The highest BCUT2D eigenvalue weighted by Gasteiger charge is 2.37. The summed E-state index contributed by atoms with van der Waals surface area (Å²) in [6.07, 6.45) is 4.82. The van der Waals surface area contributed by atoms with Gasteiger partial charge in [-0.1, -0.05) is 6.07 Å². The summed E-state index contributed by atoms with van der Waals surface area (Å²) in [5.41, 5.74) is 3.15. The summed E-state index contributed by atoms with van der Waals surface area (Å²) < 4.78 is 5.42. The van der Waals surface area contributed by atoms with Crippen LogP contribution in [0.5, 0.6) is 0 Å². The molecule has 160 valence electrons. The van der Waals surface area contributed by atoms with Crippen LogP contribution < -0.4 is 4.90 Å². The minimum Gasteiger partial charge on any atom is -0.378 e. The molecule has 3 heterocycles. The van der Waals surface area contributed by atoms with E-state index in [1.807, 2.05) is 19.1 Å². The molecule has 3 aliphatic rings. The average molecular weight is 430 g/mol. The highest BCUT2D eigenvalue weighted by molar-refractivity contribution is 8.18. The molecule has 0 unspecified atom stereocenters. The first-order valence-corrected chi connectivity index (χ1v) is 11.3. The number of hydrogen-bond donors (Lipinski definition) is 0. The van der Waals surface area contributed by atoms with Crippen molar-refractivity contribution in [2.24, 2.45) is 0 Å². The van der Waals surface area contributed by atoms with Crippen molar-refractivity contribution in [3.05, 3.63) is 34.2 Å². The number of hydrogen-bond acceptors (Lipinski definition) is 6. The third-order valence-corrected chi connectivity index (χ3v) is 6.65. The zero-order chi connectivity index (χ0) is 21.1. The molecule has 7 nitrogen and oxygen atoms in total. The number of aryl methyl sites for hydroxylation is 1. The van der Waals surface area contributed by atoms with Crippen molar-refractivity contribution in [2.45, 2.75) is 26.2 Å². The quantitative estimate of drug-likeness (QED) is 0.686. The highest BCUT2D eigenvalue weighted by Crippen LogP contribution is 2.33. The van der Waals surface area contributed by atoms with Crippen molar-refractivity contribution in [3.8, 4) is 0 Å². The van der Waals surface area contributed by atoms with Crippen LogP contribution in [0.3, 0.4) is 0 Å². The second kappa shape index (κ2) is 9.22. The third-order valence-electron chi connectivity index (χ3n) is 5.75. The van der Waals surface area contributed by atoms with Crippen molar-refractivity contribution < 1.29 is 19.1 Å². The van der Waals surface area contributed by atoms with E-state index in [1.54, 1.807) is 11.0 Å². The maximum atomic E-state index is 12.8. The van der Waals surface area contributed by atoms with Gasteiger partial charge in [0.15, 0.2) is 0 Å². The van der Waals surface area contributed by atoms with Crippen LogP contribution in [0.15, 0.2) is 23.1 Å². The molecule has 3 aliphatic heterocycles. The van der Waals surface area contributed by atoms with Gasteiger partial charge in [0.25, 0.3) is 11.1 Å². The molecule has 0 bridgehead atoms. The topological polar surface area (TPSA) is 70.2 Å². The van der Waals surface area contributed by atoms with Crippen LogP contribution >= 0.6 is 11.8 Å². The minimum absolute atomic E-state index is 0.149. The zero-order valence-electron chi connectivity index (χ0n) is 17.3. The Hall–Kier alpha value is -2.32. The van der Waals surface area contributed by atoms with E-state index in [4.69, 9.17) is 4.74 Å². The van der Waals surface area contributed by atoms with Gasteiger partial charge in [-0.25, -0.2) is 0 Å². The van der Waals surface area contributed by atoms with Gasteiger partial charge in [0.05, 0.1) is 18.1 Å². The zero-order valence-corrected chi connectivity index (χ0v) is 18.1.